The Bertz CT molecular complexity index is 666. The van der Waals surface area contributed by atoms with Gasteiger partial charge in [0.05, 0.1) is 5.69 Å². The number of benzene rings is 1. The van der Waals surface area contributed by atoms with Crippen molar-refractivity contribution in [2.45, 2.75) is 0 Å². The molecule has 0 aliphatic rings. The average molecular weight is 362 g/mol. The van der Waals surface area contributed by atoms with Crippen LogP contribution in [-0.4, -0.2) is 31.8 Å². The van der Waals surface area contributed by atoms with Crippen LogP contribution in [0.4, 0.5) is 5.13 Å². The van der Waals surface area contributed by atoms with Gasteiger partial charge in [-0.05, 0) is 12.1 Å². The minimum atomic E-state index is -3.50. The van der Waals surface area contributed by atoms with Crippen molar-refractivity contribution in [2.75, 3.05) is 18.8 Å². The van der Waals surface area contributed by atoms with Gasteiger partial charge < -0.3 is 0 Å². The molecule has 0 saturated heterocycles. The molecule has 0 aliphatic carbocycles. The Kier molecular flexibility index (Phi) is 4.24. The largest absolute Gasteiger partial charge is 0.302 e. The zero-order valence-electron chi connectivity index (χ0n) is 10.3. The smallest absolute Gasteiger partial charge is 0.246 e. The number of halogens is 1. The van der Waals surface area contributed by atoms with Crippen LogP contribution >= 0.6 is 27.3 Å². The van der Waals surface area contributed by atoms with E-state index in [9.17, 15) is 8.42 Å². The lowest BCUT2D eigenvalue weighted by molar-refractivity contribution is 0.527. The molecule has 2 rings (SSSR count). The van der Waals surface area contributed by atoms with Crippen LogP contribution in [-0.2, 0) is 10.2 Å². The summed E-state index contributed by atoms with van der Waals surface area (Å²) in [6.45, 7) is 0. The normalized spacial score (nSPS) is 11.8. The molecule has 2 aromatic rings. The van der Waals surface area contributed by atoms with Crippen molar-refractivity contribution < 1.29 is 8.42 Å². The highest BCUT2D eigenvalue weighted by Gasteiger charge is 2.15. The molecule has 8 heteroatoms. The molecule has 1 heterocycles. The number of nitrogens with zero attached hydrogens (tertiary/aromatic N) is 2. The maximum Gasteiger partial charge on any atom is 0.302 e. The third-order valence-corrected chi connectivity index (χ3v) is 5.17. The zero-order chi connectivity index (χ0) is 14.0. The van der Waals surface area contributed by atoms with Crippen molar-refractivity contribution >= 4 is 42.6 Å². The first kappa shape index (κ1) is 14.4. The second-order valence-corrected chi connectivity index (χ2v) is 7.59. The van der Waals surface area contributed by atoms with E-state index in [2.05, 4.69) is 25.6 Å². The molecule has 0 unspecified atom stereocenters. The van der Waals surface area contributed by atoms with Crippen molar-refractivity contribution in [3.05, 3.63) is 34.1 Å². The molecule has 1 aromatic carbocycles. The Labute approximate surface area is 124 Å². The number of hydrogen-bond acceptors (Lipinski definition) is 4. The number of thiazole rings is 1. The predicted octanol–water partition coefficient (Wildman–Crippen LogP) is 2.79. The highest BCUT2D eigenvalue weighted by atomic mass is 79.9. The van der Waals surface area contributed by atoms with Gasteiger partial charge in [-0.15, -0.1) is 11.3 Å². The fourth-order valence-corrected chi connectivity index (χ4v) is 3.06. The van der Waals surface area contributed by atoms with E-state index in [-0.39, 0.29) is 0 Å². The van der Waals surface area contributed by atoms with Crippen molar-refractivity contribution in [3.8, 4) is 11.3 Å². The van der Waals surface area contributed by atoms with Crippen LogP contribution in [0.5, 0.6) is 0 Å². The lowest BCUT2D eigenvalue weighted by atomic mass is 10.2. The molecule has 0 amide bonds. The molecular weight excluding hydrogens is 350 g/mol. The molecular formula is C11H12BrN3O2S2. The van der Waals surface area contributed by atoms with E-state index < -0.39 is 10.2 Å². The van der Waals surface area contributed by atoms with Crippen molar-refractivity contribution in [1.82, 2.24) is 9.29 Å². The fourth-order valence-electron chi connectivity index (χ4n) is 1.28. The van der Waals surface area contributed by atoms with Gasteiger partial charge in [-0.2, -0.15) is 12.7 Å². The molecule has 5 nitrogen and oxygen atoms in total. The van der Waals surface area contributed by atoms with Gasteiger partial charge in [0.1, 0.15) is 0 Å². The van der Waals surface area contributed by atoms with Gasteiger partial charge in [0.2, 0.25) is 0 Å². The van der Waals surface area contributed by atoms with Gasteiger partial charge in [0.25, 0.3) is 0 Å². The first-order chi connectivity index (χ1) is 8.88. The Morgan fingerprint density at radius 3 is 2.47 bits per heavy atom. The maximum atomic E-state index is 11.7. The van der Waals surface area contributed by atoms with Crippen LogP contribution in [0, 0.1) is 0 Å². The Morgan fingerprint density at radius 2 is 1.89 bits per heavy atom. The Morgan fingerprint density at radius 1 is 1.26 bits per heavy atom. The number of rotatable bonds is 4. The third kappa shape index (κ3) is 3.53. The summed E-state index contributed by atoms with van der Waals surface area (Å²) in [7, 11) is -0.575. The summed E-state index contributed by atoms with van der Waals surface area (Å²) < 4.78 is 27.8. The molecule has 1 N–H and O–H groups in total. The summed E-state index contributed by atoms with van der Waals surface area (Å²) in [4.78, 5) is 4.26. The summed E-state index contributed by atoms with van der Waals surface area (Å²) in [5.74, 6) is 0. The van der Waals surface area contributed by atoms with Crippen LogP contribution in [0.2, 0.25) is 0 Å². The van der Waals surface area contributed by atoms with E-state index in [1.807, 2.05) is 29.6 Å². The van der Waals surface area contributed by atoms with E-state index >= 15 is 0 Å². The minimum absolute atomic E-state index is 0.353. The van der Waals surface area contributed by atoms with Crippen LogP contribution in [0.1, 0.15) is 0 Å². The van der Waals surface area contributed by atoms with Gasteiger partial charge in [-0.25, -0.2) is 9.71 Å². The van der Waals surface area contributed by atoms with E-state index in [4.69, 9.17) is 0 Å². The van der Waals surface area contributed by atoms with Gasteiger partial charge >= 0.3 is 10.2 Å². The van der Waals surface area contributed by atoms with Gasteiger partial charge in [0, 0.05) is 29.5 Å². The van der Waals surface area contributed by atoms with E-state index in [0.29, 0.717) is 5.13 Å². The summed E-state index contributed by atoms with van der Waals surface area (Å²) in [6.07, 6.45) is 0. The topological polar surface area (TPSA) is 62.3 Å². The lowest BCUT2D eigenvalue weighted by Gasteiger charge is -2.10. The van der Waals surface area contributed by atoms with Crippen LogP contribution in [0.15, 0.2) is 34.1 Å². The maximum absolute atomic E-state index is 11.7. The lowest BCUT2D eigenvalue weighted by Crippen LogP contribution is -2.28. The summed E-state index contributed by atoms with van der Waals surface area (Å²) >= 11 is 4.62. The first-order valence-corrected chi connectivity index (χ1v) is 8.41. The molecule has 1 aromatic heterocycles. The van der Waals surface area contributed by atoms with Gasteiger partial charge in [-0.3, -0.25) is 0 Å². The number of nitrogens with one attached hydrogen (secondary N) is 1. The highest BCUT2D eigenvalue weighted by Crippen LogP contribution is 2.26. The Hall–Kier alpha value is -0.960. The van der Waals surface area contributed by atoms with E-state index in [0.717, 1.165) is 20.0 Å². The van der Waals surface area contributed by atoms with Gasteiger partial charge in [-0.1, -0.05) is 28.1 Å². The average Bonchev–Trinajstić information content (AvgIpc) is 2.77. The van der Waals surface area contributed by atoms with Crippen molar-refractivity contribution in [1.29, 1.82) is 0 Å². The highest BCUT2D eigenvalue weighted by molar-refractivity contribution is 9.10. The number of anilines is 1. The molecule has 19 heavy (non-hydrogen) atoms. The number of aromatic nitrogens is 1. The van der Waals surface area contributed by atoms with Crippen LogP contribution in [0.25, 0.3) is 11.3 Å². The second-order valence-electron chi connectivity index (χ2n) is 3.93. The number of hydrogen-bond donors (Lipinski definition) is 1. The minimum Gasteiger partial charge on any atom is -0.246 e. The predicted molar refractivity (Wildman–Crippen MR) is 81.5 cm³/mol. The van der Waals surface area contributed by atoms with Gasteiger partial charge in [0.15, 0.2) is 5.13 Å². The quantitative estimate of drug-likeness (QED) is 0.910. The van der Waals surface area contributed by atoms with Crippen LogP contribution < -0.4 is 4.72 Å². The standard InChI is InChI=1S/C11H12BrN3O2S2/c1-15(2)19(16,17)14-11-13-10(7-18-11)8-3-5-9(12)6-4-8/h3-7H,1-2H3,(H,13,14). The molecule has 0 bridgehead atoms. The van der Waals surface area contributed by atoms with E-state index in [1.54, 1.807) is 0 Å². The van der Waals surface area contributed by atoms with Crippen molar-refractivity contribution in [2.24, 2.45) is 0 Å². The Balaban J connectivity index is 2.22. The summed E-state index contributed by atoms with van der Waals surface area (Å²) in [5, 5.41) is 2.17. The second kappa shape index (κ2) is 5.58. The molecule has 0 radical (unpaired) electrons. The molecule has 0 atom stereocenters. The molecule has 0 fully saturated rings. The SMILES string of the molecule is CN(C)S(=O)(=O)Nc1nc(-c2ccc(Br)cc2)cs1. The monoisotopic (exact) mass is 361 g/mol. The molecule has 0 spiro atoms. The zero-order valence-corrected chi connectivity index (χ0v) is 13.5. The van der Waals surface area contributed by atoms with Crippen molar-refractivity contribution in [3.63, 3.8) is 0 Å². The first-order valence-electron chi connectivity index (χ1n) is 5.30. The summed E-state index contributed by atoms with van der Waals surface area (Å²) in [6, 6.07) is 7.67. The molecule has 0 saturated carbocycles. The van der Waals surface area contributed by atoms with Crippen LogP contribution in [0.3, 0.4) is 0 Å². The fraction of sp³-hybridized carbons (Fsp3) is 0.182. The van der Waals surface area contributed by atoms with E-state index in [1.165, 1.54) is 25.4 Å². The molecule has 0 aliphatic heterocycles. The molecule has 102 valence electrons. The summed E-state index contributed by atoms with van der Waals surface area (Å²) in [5.41, 5.74) is 1.68. The third-order valence-electron chi connectivity index (χ3n) is 2.34.